The second-order valence-corrected chi connectivity index (χ2v) is 10.2. The predicted octanol–water partition coefficient (Wildman–Crippen LogP) is 5.19. The molecule has 1 aromatic heterocycles. The third kappa shape index (κ3) is 5.84. The van der Waals surface area contributed by atoms with Crippen molar-refractivity contribution in [2.24, 2.45) is 10.2 Å². The van der Waals surface area contributed by atoms with Crippen molar-refractivity contribution in [1.82, 2.24) is 0 Å². The molecule has 192 valence electrons. The quantitative estimate of drug-likeness (QED) is 0.110. The standard InChI is InChI=1S/C25H19N5O6S2/c26-13-20-23(16-4-1-5-17(11-16)28-22(32)9-10-36-14-31)25(37-24(20)27)30-29-18-8-7-15-3-2-6-21(19(15)12-18)38(33,34)35/h1-8,11-12,14H,9-10,27H2,(H,28,32)(H,33,34,35). The van der Waals surface area contributed by atoms with Gasteiger partial charge in [-0.25, -0.2) is 0 Å². The first-order valence-corrected chi connectivity index (χ1v) is 13.2. The van der Waals surface area contributed by atoms with Gasteiger partial charge in [0.15, 0.2) is 0 Å². The van der Waals surface area contributed by atoms with Gasteiger partial charge in [-0.2, -0.15) is 13.7 Å². The number of nitriles is 1. The number of thiophene rings is 1. The maximum atomic E-state index is 12.1. The van der Waals surface area contributed by atoms with Crippen molar-refractivity contribution in [2.75, 3.05) is 17.7 Å². The van der Waals surface area contributed by atoms with Crippen molar-refractivity contribution in [1.29, 1.82) is 5.26 Å². The van der Waals surface area contributed by atoms with Gasteiger partial charge in [0.2, 0.25) is 5.91 Å². The summed E-state index contributed by atoms with van der Waals surface area (Å²) in [6.45, 7) is 0.208. The van der Waals surface area contributed by atoms with Crippen LogP contribution in [0.4, 0.5) is 21.4 Å². The van der Waals surface area contributed by atoms with E-state index in [-0.39, 0.29) is 46.3 Å². The number of hydrogen-bond acceptors (Lipinski definition) is 10. The van der Waals surface area contributed by atoms with Gasteiger partial charge in [0.25, 0.3) is 16.6 Å². The first kappa shape index (κ1) is 26.4. The van der Waals surface area contributed by atoms with E-state index in [1.54, 1.807) is 42.5 Å². The molecule has 0 atom stereocenters. The lowest BCUT2D eigenvalue weighted by Gasteiger charge is -2.08. The first-order chi connectivity index (χ1) is 18.2. The summed E-state index contributed by atoms with van der Waals surface area (Å²) in [5.41, 5.74) is 7.99. The van der Waals surface area contributed by atoms with Gasteiger partial charge in [0, 0.05) is 16.6 Å². The average molecular weight is 550 g/mol. The molecule has 0 spiro atoms. The molecular formula is C25H19N5O6S2. The second-order valence-electron chi connectivity index (χ2n) is 7.82. The molecule has 4 aromatic rings. The van der Waals surface area contributed by atoms with Crippen LogP contribution in [0.3, 0.4) is 0 Å². The highest BCUT2D eigenvalue weighted by molar-refractivity contribution is 7.86. The lowest BCUT2D eigenvalue weighted by atomic mass is 10.0. The zero-order valence-corrected chi connectivity index (χ0v) is 21.1. The Morgan fingerprint density at radius 3 is 2.68 bits per heavy atom. The van der Waals surface area contributed by atoms with E-state index in [0.717, 1.165) is 11.3 Å². The molecule has 3 aromatic carbocycles. The number of ether oxygens (including phenoxy) is 1. The van der Waals surface area contributed by atoms with Gasteiger partial charge in [-0.05, 0) is 41.3 Å². The minimum atomic E-state index is -4.46. The van der Waals surface area contributed by atoms with Gasteiger partial charge in [0.1, 0.15) is 21.0 Å². The Balaban J connectivity index is 1.70. The van der Waals surface area contributed by atoms with Crippen LogP contribution >= 0.6 is 11.3 Å². The fourth-order valence-corrected chi connectivity index (χ4v) is 5.25. The number of azo groups is 1. The molecule has 0 bridgehead atoms. The molecule has 4 rings (SSSR count). The van der Waals surface area contributed by atoms with Crippen molar-refractivity contribution in [3.63, 3.8) is 0 Å². The molecule has 11 nitrogen and oxygen atoms in total. The van der Waals surface area contributed by atoms with Crippen LogP contribution in [0.1, 0.15) is 12.0 Å². The van der Waals surface area contributed by atoms with Crippen molar-refractivity contribution in [3.05, 3.63) is 66.2 Å². The largest absolute Gasteiger partial charge is 0.467 e. The van der Waals surface area contributed by atoms with Gasteiger partial charge in [-0.3, -0.25) is 14.1 Å². The Labute approximate surface area is 220 Å². The van der Waals surface area contributed by atoms with Crippen LogP contribution in [0, 0.1) is 11.3 Å². The molecule has 38 heavy (non-hydrogen) atoms. The molecule has 1 heterocycles. The number of carbonyl (C=O) groups excluding carboxylic acids is 2. The third-order valence-electron chi connectivity index (χ3n) is 5.34. The Kier molecular flexibility index (Phi) is 7.77. The summed E-state index contributed by atoms with van der Waals surface area (Å²) in [6.07, 6.45) is -0.0255. The van der Waals surface area contributed by atoms with Crippen LogP contribution in [0.15, 0.2) is 75.8 Å². The van der Waals surface area contributed by atoms with Crippen LogP contribution in [-0.4, -0.2) is 32.0 Å². The zero-order valence-electron chi connectivity index (χ0n) is 19.5. The van der Waals surface area contributed by atoms with E-state index in [4.69, 9.17) is 5.73 Å². The SMILES string of the molecule is N#Cc1c(N)sc(N=Nc2ccc3cccc(S(=O)(=O)O)c3c2)c1-c1cccc(NC(=O)CCOC=O)c1. The van der Waals surface area contributed by atoms with E-state index in [1.807, 2.05) is 0 Å². The monoisotopic (exact) mass is 549 g/mol. The number of fused-ring (bicyclic) bond motifs is 1. The molecule has 4 N–H and O–H groups in total. The van der Waals surface area contributed by atoms with Gasteiger partial charge < -0.3 is 15.8 Å². The van der Waals surface area contributed by atoms with E-state index in [1.165, 1.54) is 18.2 Å². The maximum Gasteiger partial charge on any atom is 0.295 e. The van der Waals surface area contributed by atoms with E-state index in [2.05, 4.69) is 26.4 Å². The first-order valence-electron chi connectivity index (χ1n) is 10.9. The number of benzene rings is 3. The van der Waals surface area contributed by atoms with E-state index < -0.39 is 10.1 Å². The molecule has 13 heteroatoms. The Morgan fingerprint density at radius 1 is 1.16 bits per heavy atom. The number of nitrogens with two attached hydrogens (primary N) is 1. The van der Waals surface area contributed by atoms with Crippen molar-refractivity contribution < 1.29 is 27.3 Å². The summed E-state index contributed by atoms with van der Waals surface area (Å²) in [7, 11) is -4.46. The summed E-state index contributed by atoms with van der Waals surface area (Å²) >= 11 is 1.05. The van der Waals surface area contributed by atoms with E-state index in [9.17, 15) is 27.8 Å². The van der Waals surface area contributed by atoms with Crippen molar-refractivity contribution in [2.45, 2.75) is 11.3 Å². The van der Waals surface area contributed by atoms with Crippen molar-refractivity contribution in [3.8, 4) is 17.2 Å². The number of rotatable bonds is 9. The molecule has 1 amide bonds. The van der Waals surface area contributed by atoms with Crippen LogP contribution in [0.5, 0.6) is 0 Å². The summed E-state index contributed by atoms with van der Waals surface area (Å²) in [5, 5.41) is 22.3. The van der Waals surface area contributed by atoms with Crippen LogP contribution < -0.4 is 11.1 Å². The highest BCUT2D eigenvalue weighted by Crippen LogP contribution is 2.45. The van der Waals surface area contributed by atoms with Gasteiger partial charge >= 0.3 is 0 Å². The molecule has 0 saturated heterocycles. The Hall–Kier alpha value is -4.64. The number of anilines is 2. The molecule has 0 saturated carbocycles. The minimum absolute atomic E-state index is 0.0255. The summed E-state index contributed by atoms with van der Waals surface area (Å²) in [6, 6.07) is 18.1. The van der Waals surface area contributed by atoms with E-state index >= 15 is 0 Å². The number of nitrogens with one attached hydrogen (secondary N) is 1. The molecular weight excluding hydrogens is 530 g/mol. The molecule has 0 radical (unpaired) electrons. The highest BCUT2D eigenvalue weighted by atomic mass is 32.2. The van der Waals surface area contributed by atoms with E-state index in [0.29, 0.717) is 32.9 Å². The lowest BCUT2D eigenvalue weighted by molar-refractivity contribution is -0.129. The van der Waals surface area contributed by atoms with Gasteiger partial charge in [-0.15, -0.1) is 10.2 Å². The average Bonchev–Trinajstić information content (AvgIpc) is 3.21. The van der Waals surface area contributed by atoms with Crippen LogP contribution in [-0.2, 0) is 24.4 Å². The maximum absolute atomic E-state index is 12.1. The normalized spacial score (nSPS) is 11.4. The predicted molar refractivity (Wildman–Crippen MR) is 142 cm³/mol. The summed E-state index contributed by atoms with van der Waals surface area (Å²) < 4.78 is 37.7. The number of amides is 1. The summed E-state index contributed by atoms with van der Waals surface area (Å²) in [5.74, 6) is -0.366. The van der Waals surface area contributed by atoms with Gasteiger partial charge in [0.05, 0.1) is 24.3 Å². The van der Waals surface area contributed by atoms with Crippen LogP contribution in [0.2, 0.25) is 0 Å². The number of carbonyl (C=O) groups is 2. The minimum Gasteiger partial charge on any atom is -0.467 e. The summed E-state index contributed by atoms with van der Waals surface area (Å²) in [4.78, 5) is 22.1. The zero-order chi connectivity index (χ0) is 27.3. The molecule has 0 aliphatic carbocycles. The Bertz CT molecular complexity index is 1720. The van der Waals surface area contributed by atoms with Crippen LogP contribution in [0.25, 0.3) is 21.9 Å². The number of hydrogen-bond donors (Lipinski definition) is 3. The third-order valence-corrected chi connectivity index (χ3v) is 7.15. The Morgan fingerprint density at radius 2 is 1.95 bits per heavy atom. The fourth-order valence-electron chi connectivity index (χ4n) is 3.68. The van der Waals surface area contributed by atoms with Gasteiger partial charge in [-0.1, -0.05) is 41.7 Å². The fraction of sp³-hybridized carbons (Fsp3) is 0.0800. The lowest BCUT2D eigenvalue weighted by Crippen LogP contribution is -2.13. The molecule has 0 aliphatic heterocycles. The number of nitrogens with zero attached hydrogens (tertiary/aromatic N) is 3. The molecule has 0 aliphatic rings. The smallest absolute Gasteiger partial charge is 0.295 e. The second kappa shape index (κ2) is 11.2. The van der Waals surface area contributed by atoms with Crippen molar-refractivity contribution >= 4 is 66.0 Å². The molecule has 0 unspecified atom stereocenters. The topological polar surface area (TPSA) is 184 Å². The molecule has 0 fully saturated rings. The number of nitrogen functional groups attached to an aromatic ring is 1. The highest BCUT2D eigenvalue weighted by Gasteiger charge is 2.19.